The molecule has 1 aliphatic rings. The van der Waals surface area contributed by atoms with E-state index in [2.05, 4.69) is 16.0 Å². The third-order valence-corrected chi connectivity index (χ3v) is 6.14. The van der Waals surface area contributed by atoms with Crippen molar-refractivity contribution < 1.29 is 39.0 Å². The molecule has 0 spiro atoms. The van der Waals surface area contributed by atoms with Gasteiger partial charge >= 0.3 is 5.97 Å². The second-order valence-corrected chi connectivity index (χ2v) is 9.00. The maximum absolute atomic E-state index is 13.5. The number of carbonyl (C=O) groups is 6. The van der Waals surface area contributed by atoms with Gasteiger partial charge in [-0.3, -0.25) is 24.0 Å². The smallest absolute Gasteiger partial charge is 0.326 e. The summed E-state index contributed by atoms with van der Waals surface area (Å²) in [6.07, 6.45) is 0.820. The summed E-state index contributed by atoms with van der Waals surface area (Å²) < 4.78 is 0. The molecule has 6 atom stereocenters. The van der Waals surface area contributed by atoms with Gasteiger partial charge in [-0.1, -0.05) is 20.3 Å². The summed E-state index contributed by atoms with van der Waals surface area (Å²) in [5, 5.41) is 26.2. The van der Waals surface area contributed by atoms with Crippen LogP contribution >= 0.6 is 0 Å². The minimum atomic E-state index is -1.36. The first-order valence-corrected chi connectivity index (χ1v) is 11.9. The first kappa shape index (κ1) is 30.8. The summed E-state index contributed by atoms with van der Waals surface area (Å²) in [5.41, 5.74) is 10.6. The van der Waals surface area contributed by atoms with Crippen LogP contribution in [-0.2, 0) is 28.8 Å². The Bertz CT molecular complexity index is 835. The Morgan fingerprint density at radius 3 is 2.17 bits per heavy atom. The molecular formula is C22H38N6O8. The normalized spacial score (nSPS) is 19.4. The molecule has 0 aromatic heterocycles. The van der Waals surface area contributed by atoms with Crippen LogP contribution in [0.4, 0.5) is 0 Å². The third-order valence-electron chi connectivity index (χ3n) is 6.14. The van der Waals surface area contributed by atoms with Gasteiger partial charge in [-0.15, -0.1) is 0 Å². The molecule has 14 nitrogen and oxygen atoms in total. The number of hydrogen-bond donors (Lipinski definition) is 7. The Hall–Kier alpha value is -3.26. The molecule has 0 aliphatic carbocycles. The van der Waals surface area contributed by atoms with Gasteiger partial charge in [0.25, 0.3) is 0 Å². The van der Waals surface area contributed by atoms with Gasteiger partial charge in [0.15, 0.2) is 0 Å². The molecule has 36 heavy (non-hydrogen) atoms. The summed E-state index contributed by atoms with van der Waals surface area (Å²) in [6.45, 7) is 4.44. The van der Waals surface area contributed by atoms with Gasteiger partial charge in [-0.25, -0.2) is 4.79 Å². The van der Waals surface area contributed by atoms with Crippen LogP contribution in [0.3, 0.4) is 0 Å². The number of aliphatic hydroxyl groups is 1. The van der Waals surface area contributed by atoms with Crippen molar-refractivity contribution in [2.75, 3.05) is 13.2 Å². The topological polar surface area (TPSA) is 234 Å². The molecule has 0 aromatic carbocycles. The van der Waals surface area contributed by atoms with Crippen molar-refractivity contribution in [3.05, 3.63) is 0 Å². The summed E-state index contributed by atoms with van der Waals surface area (Å²) in [7, 11) is 0. The number of likely N-dealkylation sites (tertiary alicyclic amines) is 1. The molecule has 1 rings (SSSR count). The fourth-order valence-electron chi connectivity index (χ4n) is 3.73. The van der Waals surface area contributed by atoms with Crippen LogP contribution in [-0.4, -0.2) is 94.0 Å². The van der Waals surface area contributed by atoms with E-state index in [1.807, 2.05) is 6.92 Å². The molecule has 1 aliphatic heterocycles. The standard InChI is InChI=1S/C22H38N6O8/c1-4-11(2)17(27-19(32)14(10-29)26-18(31)12(3)23)21(34)28-9-5-6-15(28)20(33)25-13(22(35)36)7-8-16(24)30/h11-15,17,29H,4-10,23H2,1-3H3,(H2,24,30)(H,25,33)(H,26,31)(H,27,32)(H,35,36)/t11-,12-,13-,14-,15-,17-/m0/s1. The lowest BCUT2D eigenvalue weighted by Gasteiger charge is -2.32. The zero-order valence-electron chi connectivity index (χ0n) is 20.9. The number of primary amides is 1. The molecule has 1 heterocycles. The minimum Gasteiger partial charge on any atom is -0.480 e. The van der Waals surface area contributed by atoms with Crippen molar-refractivity contribution in [1.29, 1.82) is 0 Å². The summed E-state index contributed by atoms with van der Waals surface area (Å²) in [6, 6.07) is -5.64. The highest BCUT2D eigenvalue weighted by Crippen LogP contribution is 2.22. The second kappa shape index (κ2) is 14.3. The summed E-state index contributed by atoms with van der Waals surface area (Å²) >= 11 is 0. The molecule has 1 saturated heterocycles. The van der Waals surface area contributed by atoms with E-state index in [1.54, 1.807) is 6.92 Å². The number of carboxylic acid groups (broad SMARTS) is 1. The summed E-state index contributed by atoms with van der Waals surface area (Å²) in [4.78, 5) is 74.7. The molecule has 0 aromatic rings. The van der Waals surface area contributed by atoms with E-state index in [9.17, 15) is 39.0 Å². The van der Waals surface area contributed by atoms with E-state index in [0.29, 0.717) is 12.8 Å². The third kappa shape index (κ3) is 8.75. The Kier molecular flexibility index (Phi) is 12.3. The Morgan fingerprint density at radius 1 is 1.03 bits per heavy atom. The molecule has 0 bridgehead atoms. The van der Waals surface area contributed by atoms with Crippen LogP contribution in [0.2, 0.25) is 0 Å². The zero-order valence-corrected chi connectivity index (χ0v) is 20.9. The van der Waals surface area contributed by atoms with Crippen molar-refractivity contribution >= 4 is 35.5 Å². The van der Waals surface area contributed by atoms with Gasteiger partial charge in [0.2, 0.25) is 29.5 Å². The van der Waals surface area contributed by atoms with Crippen molar-refractivity contribution in [1.82, 2.24) is 20.9 Å². The number of carboxylic acids is 1. The van der Waals surface area contributed by atoms with Crippen LogP contribution in [0.25, 0.3) is 0 Å². The SMILES string of the molecule is CC[C@H](C)[C@H](NC(=O)[C@H](CO)NC(=O)[C@H](C)N)C(=O)N1CCC[C@H]1C(=O)N[C@@H](CCC(N)=O)C(=O)O. The first-order chi connectivity index (χ1) is 16.8. The predicted molar refractivity (Wildman–Crippen MR) is 127 cm³/mol. The molecule has 0 saturated carbocycles. The van der Waals surface area contributed by atoms with E-state index in [0.717, 1.165) is 0 Å². The first-order valence-electron chi connectivity index (χ1n) is 11.9. The van der Waals surface area contributed by atoms with Crippen molar-refractivity contribution in [2.45, 2.75) is 83.1 Å². The van der Waals surface area contributed by atoms with E-state index in [1.165, 1.54) is 11.8 Å². The lowest BCUT2D eigenvalue weighted by Crippen LogP contribution is -2.60. The largest absolute Gasteiger partial charge is 0.480 e. The van der Waals surface area contributed by atoms with Crippen molar-refractivity contribution in [2.24, 2.45) is 17.4 Å². The van der Waals surface area contributed by atoms with Crippen LogP contribution in [0, 0.1) is 5.92 Å². The maximum atomic E-state index is 13.5. The Balaban J connectivity index is 3.02. The Morgan fingerprint density at radius 2 is 1.67 bits per heavy atom. The fraction of sp³-hybridized carbons (Fsp3) is 0.727. The van der Waals surface area contributed by atoms with Crippen LogP contribution in [0.5, 0.6) is 0 Å². The van der Waals surface area contributed by atoms with Crippen LogP contribution in [0.1, 0.15) is 52.9 Å². The molecule has 9 N–H and O–H groups in total. The number of aliphatic hydroxyl groups excluding tert-OH is 1. The average Bonchev–Trinajstić information content (AvgIpc) is 3.31. The van der Waals surface area contributed by atoms with E-state index < -0.39 is 72.3 Å². The lowest BCUT2D eigenvalue weighted by molar-refractivity contribution is -0.145. The van der Waals surface area contributed by atoms with Gasteiger partial charge < -0.3 is 42.5 Å². The number of rotatable bonds is 14. The monoisotopic (exact) mass is 514 g/mol. The highest BCUT2D eigenvalue weighted by molar-refractivity contribution is 5.96. The van der Waals surface area contributed by atoms with Gasteiger partial charge in [0.1, 0.15) is 24.2 Å². The Labute approximate surface area is 209 Å². The van der Waals surface area contributed by atoms with Crippen LogP contribution < -0.4 is 27.4 Å². The molecular weight excluding hydrogens is 476 g/mol. The minimum absolute atomic E-state index is 0.196. The number of nitrogens with two attached hydrogens (primary N) is 2. The van der Waals surface area contributed by atoms with Crippen LogP contribution in [0.15, 0.2) is 0 Å². The van der Waals surface area contributed by atoms with Gasteiger partial charge in [-0.05, 0) is 32.1 Å². The molecule has 1 fully saturated rings. The fourth-order valence-corrected chi connectivity index (χ4v) is 3.73. The second-order valence-electron chi connectivity index (χ2n) is 9.00. The molecule has 0 unspecified atom stereocenters. The number of carbonyl (C=O) groups excluding carboxylic acids is 5. The number of hydrogen-bond acceptors (Lipinski definition) is 8. The van der Waals surface area contributed by atoms with Crippen molar-refractivity contribution in [3.8, 4) is 0 Å². The molecule has 0 radical (unpaired) electrons. The van der Waals surface area contributed by atoms with Gasteiger partial charge in [0, 0.05) is 13.0 Å². The number of aliphatic carboxylic acids is 1. The van der Waals surface area contributed by atoms with E-state index >= 15 is 0 Å². The lowest BCUT2D eigenvalue weighted by atomic mass is 9.96. The predicted octanol–water partition coefficient (Wildman–Crippen LogP) is -2.83. The highest BCUT2D eigenvalue weighted by atomic mass is 16.4. The highest BCUT2D eigenvalue weighted by Gasteiger charge is 2.40. The number of nitrogens with one attached hydrogen (secondary N) is 3. The van der Waals surface area contributed by atoms with E-state index in [-0.39, 0.29) is 31.7 Å². The quantitative estimate of drug-likeness (QED) is 0.126. The zero-order chi connectivity index (χ0) is 27.6. The molecule has 14 heteroatoms. The van der Waals surface area contributed by atoms with Crippen molar-refractivity contribution in [3.63, 3.8) is 0 Å². The average molecular weight is 515 g/mol. The van der Waals surface area contributed by atoms with E-state index in [4.69, 9.17) is 11.5 Å². The van der Waals surface area contributed by atoms with Gasteiger partial charge in [0.05, 0.1) is 12.6 Å². The molecule has 204 valence electrons. The van der Waals surface area contributed by atoms with Gasteiger partial charge in [-0.2, -0.15) is 0 Å². The maximum Gasteiger partial charge on any atom is 0.326 e. The number of nitrogens with zero attached hydrogens (tertiary/aromatic N) is 1. The molecule has 5 amide bonds. The number of amides is 5. The summed E-state index contributed by atoms with van der Waals surface area (Å²) in [5.74, 6) is -5.10.